The molecule has 7 nitrogen and oxygen atoms in total. The molecule has 1 aliphatic heterocycles. The van der Waals surface area contributed by atoms with Crippen LogP contribution in [0.4, 0.5) is 5.69 Å². The number of nitro groups is 1. The highest BCUT2D eigenvalue weighted by Gasteiger charge is 2.20. The van der Waals surface area contributed by atoms with Crippen LogP contribution in [0.1, 0.15) is 44.6 Å². The highest BCUT2D eigenvalue weighted by Crippen LogP contribution is 2.19. The molecule has 0 radical (unpaired) electrons. The summed E-state index contributed by atoms with van der Waals surface area (Å²) in [5, 5.41) is 10.8. The molecule has 1 saturated heterocycles. The minimum atomic E-state index is -3.49. The molecular weight excluding hydrogens is 342 g/mol. The normalized spacial score (nSPS) is 19.0. The highest BCUT2D eigenvalue weighted by atomic mass is 32.2. The maximum absolute atomic E-state index is 12.2. The molecule has 1 aromatic carbocycles. The van der Waals surface area contributed by atoms with Crippen LogP contribution in [0.2, 0.25) is 0 Å². The van der Waals surface area contributed by atoms with Crippen molar-refractivity contribution >= 4 is 15.7 Å². The van der Waals surface area contributed by atoms with Gasteiger partial charge in [0.05, 0.1) is 10.7 Å². The van der Waals surface area contributed by atoms with Crippen molar-refractivity contribution < 1.29 is 13.3 Å². The van der Waals surface area contributed by atoms with Crippen LogP contribution in [-0.2, 0) is 15.8 Å². The maximum atomic E-state index is 12.2. The highest BCUT2D eigenvalue weighted by molar-refractivity contribution is 7.88. The number of hydrogen-bond donors (Lipinski definition) is 1. The first-order valence-electron chi connectivity index (χ1n) is 8.86. The van der Waals surface area contributed by atoms with Crippen LogP contribution >= 0.6 is 0 Å². The Labute approximate surface area is 149 Å². The first-order chi connectivity index (χ1) is 11.9. The Hall–Kier alpha value is -1.51. The van der Waals surface area contributed by atoms with Crippen molar-refractivity contribution in [3.8, 4) is 0 Å². The van der Waals surface area contributed by atoms with E-state index in [1.807, 2.05) is 0 Å². The van der Waals surface area contributed by atoms with E-state index in [0.717, 1.165) is 25.9 Å². The van der Waals surface area contributed by atoms with Crippen LogP contribution in [0.25, 0.3) is 0 Å². The molecule has 0 unspecified atom stereocenters. The topological polar surface area (TPSA) is 92.6 Å². The third kappa shape index (κ3) is 6.37. The molecule has 0 amide bonds. The first-order valence-corrected chi connectivity index (χ1v) is 10.5. The van der Waals surface area contributed by atoms with Crippen molar-refractivity contribution in [2.45, 2.75) is 50.8 Å². The first kappa shape index (κ1) is 19.8. The zero-order valence-electron chi connectivity index (χ0n) is 14.7. The lowest BCUT2D eigenvalue weighted by Crippen LogP contribution is -2.40. The molecule has 0 aromatic heterocycles. The standard InChI is InChI=1S/C17H27N3O4S/c1-2-16-8-3-4-11-19(16)12-6-10-18-25(23,24)14-15-7-5-9-17(13-15)20(21)22/h5,7,9,13,16,18H,2-4,6,8,10-12,14H2,1H3/t16-/m1/s1. The van der Waals surface area contributed by atoms with Crippen LogP contribution < -0.4 is 4.72 Å². The summed E-state index contributed by atoms with van der Waals surface area (Å²) in [5.41, 5.74) is 0.326. The molecule has 0 saturated carbocycles. The number of likely N-dealkylation sites (tertiary alicyclic amines) is 1. The maximum Gasteiger partial charge on any atom is 0.269 e. The van der Waals surface area contributed by atoms with Crippen molar-refractivity contribution in [2.24, 2.45) is 0 Å². The average Bonchev–Trinajstić information content (AvgIpc) is 2.59. The van der Waals surface area contributed by atoms with Gasteiger partial charge in [-0.3, -0.25) is 10.1 Å². The summed E-state index contributed by atoms with van der Waals surface area (Å²) < 4.78 is 26.9. The number of benzene rings is 1. The van der Waals surface area contributed by atoms with Gasteiger partial charge in [-0.05, 0) is 44.3 Å². The summed E-state index contributed by atoms with van der Waals surface area (Å²) in [6.07, 6.45) is 5.64. The molecular formula is C17H27N3O4S. The second kappa shape index (κ2) is 9.26. The second-order valence-electron chi connectivity index (χ2n) is 6.53. The zero-order valence-corrected chi connectivity index (χ0v) is 15.5. The van der Waals surface area contributed by atoms with Crippen LogP contribution in [0, 0.1) is 10.1 Å². The monoisotopic (exact) mass is 369 g/mol. The molecule has 1 N–H and O–H groups in total. The fraction of sp³-hybridized carbons (Fsp3) is 0.647. The smallest absolute Gasteiger partial charge is 0.269 e. The van der Waals surface area contributed by atoms with Crippen LogP contribution in [0.15, 0.2) is 24.3 Å². The third-order valence-corrected chi connectivity index (χ3v) is 6.00. The summed E-state index contributed by atoms with van der Waals surface area (Å²) in [4.78, 5) is 12.7. The molecule has 1 aliphatic rings. The lowest BCUT2D eigenvalue weighted by molar-refractivity contribution is -0.384. The average molecular weight is 369 g/mol. The summed E-state index contributed by atoms with van der Waals surface area (Å²) >= 11 is 0. The molecule has 8 heteroatoms. The quantitative estimate of drug-likeness (QED) is 0.410. The van der Waals surface area contributed by atoms with E-state index < -0.39 is 14.9 Å². The van der Waals surface area contributed by atoms with Gasteiger partial charge in [-0.2, -0.15) is 0 Å². The Morgan fingerprint density at radius 2 is 2.16 bits per heavy atom. The largest absolute Gasteiger partial charge is 0.300 e. The van der Waals surface area contributed by atoms with Gasteiger partial charge in [0, 0.05) is 24.7 Å². The van der Waals surface area contributed by atoms with Crippen molar-refractivity contribution in [3.63, 3.8) is 0 Å². The minimum absolute atomic E-state index is 0.0941. The molecule has 0 bridgehead atoms. The predicted molar refractivity (Wildman–Crippen MR) is 97.8 cm³/mol. The van der Waals surface area contributed by atoms with Gasteiger partial charge in [0.2, 0.25) is 10.0 Å². The molecule has 140 valence electrons. The Balaban J connectivity index is 1.79. The molecule has 25 heavy (non-hydrogen) atoms. The van der Waals surface area contributed by atoms with Crippen LogP contribution in [0.5, 0.6) is 0 Å². The summed E-state index contributed by atoms with van der Waals surface area (Å²) in [6, 6.07) is 6.37. The lowest BCUT2D eigenvalue weighted by atomic mass is 10.00. The summed E-state index contributed by atoms with van der Waals surface area (Å²) in [6.45, 7) is 4.59. The van der Waals surface area contributed by atoms with Gasteiger partial charge in [0.15, 0.2) is 0 Å². The molecule has 1 fully saturated rings. The Kier molecular flexibility index (Phi) is 7.34. The van der Waals surface area contributed by atoms with Crippen molar-refractivity contribution in [1.82, 2.24) is 9.62 Å². The van der Waals surface area contributed by atoms with Crippen LogP contribution in [0.3, 0.4) is 0 Å². The number of nitro benzene ring substituents is 1. The molecule has 2 rings (SSSR count). The minimum Gasteiger partial charge on any atom is -0.300 e. The van der Waals surface area contributed by atoms with Gasteiger partial charge in [-0.15, -0.1) is 0 Å². The number of hydrogen-bond acceptors (Lipinski definition) is 5. The molecule has 1 heterocycles. The van der Waals surface area contributed by atoms with Gasteiger partial charge < -0.3 is 4.90 Å². The Bertz CT molecular complexity index is 678. The van der Waals surface area contributed by atoms with Crippen LogP contribution in [-0.4, -0.2) is 43.9 Å². The summed E-state index contributed by atoms with van der Waals surface area (Å²) in [7, 11) is -3.49. The van der Waals surface area contributed by atoms with Gasteiger partial charge in [0.25, 0.3) is 5.69 Å². The number of nitrogens with one attached hydrogen (secondary N) is 1. The number of sulfonamides is 1. The van der Waals surface area contributed by atoms with Crippen molar-refractivity contribution in [1.29, 1.82) is 0 Å². The van der Waals surface area contributed by atoms with E-state index in [1.165, 1.54) is 37.5 Å². The Morgan fingerprint density at radius 3 is 2.88 bits per heavy atom. The Morgan fingerprint density at radius 1 is 1.36 bits per heavy atom. The lowest BCUT2D eigenvalue weighted by Gasteiger charge is -2.35. The van der Waals surface area contributed by atoms with Crippen molar-refractivity contribution in [2.75, 3.05) is 19.6 Å². The number of rotatable bonds is 9. The molecule has 1 aromatic rings. The summed E-state index contributed by atoms with van der Waals surface area (Å²) in [5.74, 6) is -0.240. The van der Waals surface area contributed by atoms with Gasteiger partial charge >= 0.3 is 0 Å². The van der Waals surface area contributed by atoms with E-state index in [4.69, 9.17) is 0 Å². The van der Waals surface area contributed by atoms with Gasteiger partial charge in [-0.25, -0.2) is 13.1 Å². The predicted octanol–water partition coefficient (Wildman–Crippen LogP) is 2.67. The SMILES string of the molecule is CC[C@@H]1CCCCN1CCCNS(=O)(=O)Cc1cccc([N+](=O)[O-])c1. The van der Waals surface area contributed by atoms with E-state index in [1.54, 1.807) is 6.07 Å². The molecule has 0 aliphatic carbocycles. The van der Waals surface area contributed by atoms with Gasteiger partial charge in [-0.1, -0.05) is 25.5 Å². The van der Waals surface area contributed by atoms with E-state index in [2.05, 4.69) is 16.5 Å². The fourth-order valence-electron chi connectivity index (χ4n) is 3.36. The van der Waals surface area contributed by atoms with E-state index >= 15 is 0 Å². The van der Waals surface area contributed by atoms with E-state index in [-0.39, 0.29) is 11.4 Å². The zero-order chi connectivity index (χ0) is 18.3. The van der Waals surface area contributed by atoms with E-state index in [9.17, 15) is 18.5 Å². The molecule has 0 spiro atoms. The number of nitrogens with zero attached hydrogens (tertiary/aromatic N) is 2. The van der Waals surface area contributed by atoms with Gasteiger partial charge in [0.1, 0.15) is 0 Å². The fourth-order valence-corrected chi connectivity index (χ4v) is 4.53. The number of non-ortho nitro benzene ring substituents is 1. The van der Waals surface area contributed by atoms with E-state index in [0.29, 0.717) is 18.2 Å². The molecule has 1 atom stereocenters. The second-order valence-corrected chi connectivity index (χ2v) is 8.33. The van der Waals surface area contributed by atoms with Crippen molar-refractivity contribution in [3.05, 3.63) is 39.9 Å². The number of piperidine rings is 1. The third-order valence-electron chi connectivity index (χ3n) is 4.64.